The molecule has 1 saturated heterocycles. The van der Waals surface area contributed by atoms with Gasteiger partial charge in [0.05, 0.1) is 7.11 Å². The van der Waals surface area contributed by atoms with Crippen LogP contribution in [0.15, 0.2) is 51.7 Å². The van der Waals surface area contributed by atoms with E-state index in [0.717, 1.165) is 6.07 Å². The fraction of sp³-hybridized carbons (Fsp3) is 0.321. The number of hydrogen-bond donors (Lipinski definition) is 5. The van der Waals surface area contributed by atoms with Crippen molar-refractivity contribution in [3.8, 4) is 28.6 Å². The van der Waals surface area contributed by atoms with Crippen molar-refractivity contribution in [2.45, 2.75) is 43.5 Å². The number of phenols is 1. The third-order valence-electron chi connectivity index (χ3n) is 6.32. The van der Waals surface area contributed by atoms with Crippen molar-refractivity contribution in [3.63, 3.8) is 0 Å². The van der Waals surface area contributed by atoms with Crippen molar-refractivity contribution >= 4 is 34.8 Å². The van der Waals surface area contributed by atoms with E-state index in [9.17, 15) is 39.3 Å². The van der Waals surface area contributed by atoms with Crippen molar-refractivity contribution in [3.05, 3.63) is 52.7 Å². The lowest BCUT2D eigenvalue weighted by molar-refractivity contribution is -0.282. The highest BCUT2D eigenvalue weighted by atomic mass is 16.7. The number of aliphatic hydroxyl groups is 2. The number of aliphatic carboxylic acids is 2. The van der Waals surface area contributed by atoms with Crippen LogP contribution >= 0.6 is 0 Å². The smallest absolute Gasteiger partial charge is 0.317 e. The van der Waals surface area contributed by atoms with Crippen LogP contribution in [-0.2, 0) is 33.4 Å². The van der Waals surface area contributed by atoms with Crippen molar-refractivity contribution in [2.24, 2.45) is 0 Å². The van der Waals surface area contributed by atoms with E-state index >= 15 is 0 Å². The summed E-state index contributed by atoms with van der Waals surface area (Å²) in [6.07, 6.45) is -11.2. The number of fused-ring (bicyclic) bond motifs is 1. The van der Waals surface area contributed by atoms with Crippen LogP contribution in [0.2, 0.25) is 0 Å². The highest BCUT2D eigenvalue weighted by Crippen LogP contribution is 2.34. The van der Waals surface area contributed by atoms with Gasteiger partial charge in [-0.1, -0.05) is 0 Å². The third kappa shape index (κ3) is 7.41. The van der Waals surface area contributed by atoms with Crippen LogP contribution < -0.4 is 14.9 Å². The van der Waals surface area contributed by atoms with Gasteiger partial charge in [0.1, 0.15) is 65.6 Å². The maximum absolute atomic E-state index is 12.8. The summed E-state index contributed by atoms with van der Waals surface area (Å²) in [6.45, 7) is -0.782. The molecule has 2 heterocycles. The summed E-state index contributed by atoms with van der Waals surface area (Å²) >= 11 is 0. The van der Waals surface area contributed by atoms with Crippen LogP contribution in [0.3, 0.4) is 0 Å². The zero-order chi connectivity index (χ0) is 32.1. The Morgan fingerprint density at radius 2 is 1.55 bits per heavy atom. The van der Waals surface area contributed by atoms with Crippen LogP contribution in [0.5, 0.6) is 17.2 Å². The van der Waals surface area contributed by atoms with Gasteiger partial charge in [-0.15, -0.1) is 0 Å². The fourth-order valence-corrected chi connectivity index (χ4v) is 4.29. The van der Waals surface area contributed by atoms with Gasteiger partial charge >= 0.3 is 23.9 Å². The number of carboxylic acid groups (broad SMARTS) is 2. The molecule has 1 aromatic heterocycles. The maximum atomic E-state index is 12.8. The van der Waals surface area contributed by atoms with Crippen LogP contribution in [0.1, 0.15) is 12.8 Å². The van der Waals surface area contributed by atoms with E-state index in [-0.39, 0.29) is 22.5 Å². The number of ether oxygens (including phenoxy) is 5. The molecule has 5 atom stereocenters. The molecule has 0 aliphatic carbocycles. The zero-order valence-corrected chi connectivity index (χ0v) is 22.8. The lowest BCUT2D eigenvalue weighted by Crippen LogP contribution is -2.61. The Bertz CT molecular complexity index is 1610. The molecule has 44 heavy (non-hydrogen) atoms. The number of carbonyl (C=O) groups is 4. The maximum Gasteiger partial charge on any atom is 0.317 e. The normalized spacial score (nSPS) is 21.3. The molecule has 1 aliphatic heterocycles. The Morgan fingerprint density at radius 3 is 2.18 bits per heavy atom. The quantitative estimate of drug-likeness (QED) is 0.144. The number of rotatable bonds is 11. The molecule has 0 amide bonds. The van der Waals surface area contributed by atoms with E-state index < -0.39 is 85.2 Å². The predicted molar refractivity (Wildman–Crippen MR) is 143 cm³/mol. The number of methoxy groups -OCH3 is 1. The minimum absolute atomic E-state index is 0.132. The van der Waals surface area contributed by atoms with Gasteiger partial charge in [-0.25, -0.2) is 0 Å². The molecule has 16 nitrogen and oxygen atoms in total. The molecule has 0 radical (unpaired) electrons. The lowest BCUT2D eigenvalue weighted by atomic mass is 9.99. The van der Waals surface area contributed by atoms with E-state index in [1.807, 2.05) is 0 Å². The Balaban J connectivity index is 1.64. The largest absolute Gasteiger partial charge is 0.507 e. The van der Waals surface area contributed by atoms with E-state index in [1.165, 1.54) is 19.2 Å². The van der Waals surface area contributed by atoms with Gasteiger partial charge in [0.25, 0.3) is 0 Å². The summed E-state index contributed by atoms with van der Waals surface area (Å²) < 4.78 is 31.9. The van der Waals surface area contributed by atoms with E-state index in [2.05, 4.69) is 0 Å². The molecule has 2 aromatic carbocycles. The van der Waals surface area contributed by atoms with Crippen LogP contribution in [0.25, 0.3) is 22.3 Å². The Labute approximate surface area is 246 Å². The van der Waals surface area contributed by atoms with Gasteiger partial charge in [0, 0.05) is 23.8 Å². The minimum atomic E-state index is -1.97. The minimum Gasteiger partial charge on any atom is -0.507 e. The summed E-state index contributed by atoms with van der Waals surface area (Å²) in [6, 6.07) is 9.92. The van der Waals surface area contributed by atoms with E-state index in [0.29, 0.717) is 11.3 Å². The van der Waals surface area contributed by atoms with Crippen molar-refractivity contribution in [1.29, 1.82) is 0 Å². The van der Waals surface area contributed by atoms with E-state index in [4.69, 9.17) is 38.3 Å². The van der Waals surface area contributed by atoms with Gasteiger partial charge in [-0.3, -0.25) is 24.0 Å². The average Bonchev–Trinajstić information content (AvgIpc) is 2.95. The number of carboxylic acids is 2. The highest BCUT2D eigenvalue weighted by Gasteiger charge is 2.48. The number of aliphatic hydroxyl groups excluding tert-OH is 2. The zero-order valence-electron chi connectivity index (χ0n) is 22.8. The Morgan fingerprint density at radius 1 is 0.886 bits per heavy atom. The number of phenolic OH excluding ortho intramolecular Hbond substituents is 1. The third-order valence-corrected chi connectivity index (χ3v) is 6.32. The second-order valence-corrected chi connectivity index (χ2v) is 9.44. The number of carbonyl (C=O) groups excluding carboxylic acids is 2. The highest BCUT2D eigenvalue weighted by molar-refractivity contribution is 5.90. The Kier molecular flexibility index (Phi) is 9.67. The number of esters is 2. The van der Waals surface area contributed by atoms with Gasteiger partial charge < -0.3 is 53.6 Å². The van der Waals surface area contributed by atoms with Gasteiger partial charge in [0.15, 0.2) is 17.6 Å². The molecule has 1 fully saturated rings. The first kappa shape index (κ1) is 31.7. The summed E-state index contributed by atoms with van der Waals surface area (Å²) in [5, 5.41) is 49.6. The number of benzene rings is 2. The first-order valence-electron chi connectivity index (χ1n) is 12.8. The molecule has 0 bridgehead atoms. The molecule has 5 N–H and O–H groups in total. The van der Waals surface area contributed by atoms with Gasteiger partial charge in [-0.2, -0.15) is 0 Å². The molecule has 1 aliphatic rings. The fourth-order valence-electron chi connectivity index (χ4n) is 4.29. The van der Waals surface area contributed by atoms with Gasteiger partial charge in [0.2, 0.25) is 6.29 Å². The van der Waals surface area contributed by atoms with Crippen LogP contribution in [-0.4, -0.2) is 93.8 Å². The Hall–Kier alpha value is -5.19. The second kappa shape index (κ2) is 13.4. The summed E-state index contributed by atoms with van der Waals surface area (Å²) in [7, 11) is 1.49. The lowest BCUT2D eigenvalue weighted by Gasteiger charge is -2.41. The molecule has 234 valence electrons. The van der Waals surface area contributed by atoms with Crippen molar-refractivity contribution in [2.75, 3.05) is 13.7 Å². The molecular weight excluding hydrogens is 592 g/mol. The average molecular weight is 619 g/mol. The molecule has 0 saturated carbocycles. The summed E-state index contributed by atoms with van der Waals surface area (Å²) in [5.74, 6) is -5.69. The molecule has 16 heteroatoms. The topological polar surface area (TPSA) is 246 Å². The monoisotopic (exact) mass is 618 g/mol. The predicted octanol–water partition coefficient (Wildman–Crippen LogP) is 0.404. The number of hydrogen-bond acceptors (Lipinski definition) is 14. The second-order valence-electron chi connectivity index (χ2n) is 9.44. The first-order valence-corrected chi connectivity index (χ1v) is 12.8. The number of aromatic hydroxyl groups is 1. The van der Waals surface area contributed by atoms with Crippen molar-refractivity contribution in [1.82, 2.24) is 0 Å². The van der Waals surface area contributed by atoms with Gasteiger partial charge in [-0.05, 0) is 24.3 Å². The van der Waals surface area contributed by atoms with E-state index in [1.54, 1.807) is 24.3 Å². The SMILES string of the molecule is COc1ccc(-c2cc(=O)c3c(O)cc(O[C@@H]4O[C@H](COC(=O)CC(=O)O)[C@@H](O)[C@H](OC(=O)CC(=O)O)[C@H]4O)cc3o2)cc1. The molecule has 0 spiro atoms. The van der Waals surface area contributed by atoms with Crippen LogP contribution in [0, 0.1) is 0 Å². The first-order chi connectivity index (χ1) is 20.9. The summed E-state index contributed by atoms with van der Waals surface area (Å²) in [4.78, 5) is 58.3. The molecule has 4 rings (SSSR count). The molecule has 3 aromatic rings. The summed E-state index contributed by atoms with van der Waals surface area (Å²) in [5.41, 5.74) is -0.221. The molecule has 0 unspecified atom stereocenters. The van der Waals surface area contributed by atoms with Crippen molar-refractivity contribution < 1.29 is 72.8 Å². The molecular formula is C28H26O16. The van der Waals surface area contributed by atoms with Crippen LogP contribution in [0.4, 0.5) is 0 Å². The standard InChI is InChI=1S/C28H26O16/c1-39-13-4-2-12(3-5-13)17-8-16(30)24-15(29)6-14(7-18(24)42-17)41-28-26(38)27(44-23(36)10-21(33)34)25(37)19(43-28)11-40-22(35)9-20(31)32/h2-8,19,25-29,37-38H,9-11H2,1H3,(H,31,32)(H,33,34)/t19-,25-,26-,27+,28-/m1/s1.